The van der Waals surface area contributed by atoms with Crippen molar-refractivity contribution in [2.24, 2.45) is 0 Å². The van der Waals surface area contributed by atoms with Gasteiger partial charge in [-0.15, -0.1) is 11.3 Å². The summed E-state index contributed by atoms with van der Waals surface area (Å²) in [5.74, 6) is -3.08. The number of thiazole rings is 1. The Morgan fingerprint density at radius 2 is 1.87 bits per heavy atom. The van der Waals surface area contributed by atoms with E-state index in [1.807, 2.05) is 0 Å². The smallest absolute Gasteiger partial charge is 0.223 e. The molecule has 15 heavy (non-hydrogen) atoms. The first-order valence-electron chi connectivity index (χ1n) is 4.15. The van der Waals surface area contributed by atoms with Gasteiger partial charge in [0.25, 0.3) is 0 Å². The molecule has 0 saturated carbocycles. The van der Waals surface area contributed by atoms with Crippen molar-refractivity contribution in [1.29, 1.82) is 0 Å². The van der Waals surface area contributed by atoms with Crippen molar-refractivity contribution in [2.75, 3.05) is 0 Å². The Morgan fingerprint density at radius 3 is 2.40 bits per heavy atom. The van der Waals surface area contributed by atoms with Crippen LogP contribution in [0.3, 0.4) is 0 Å². The fraction of sp³-hybridized carbons (Fsp3) is 0.100. The van der Waals surface area contributed by atoms with Crippen molar-refractivity contribution in [2.45, 2.75) is 5.92 Å². The van der Waals surface area contributed by atoms with Crippen molar-refractivity contribution >= 4 is 22.9 Å². The van der Waals surface area contributed by atoms with Crippen LogP contribution in [0.4, 0.5) is 8.78 Å². The van der Waals surface area contributed by atoms with Crippen LogP contribution in [0, 0.1) is 0 Å². The van der Waals surface area contributed by atoms with Gasteiger partial charge in [-0.1, -0.05) is 41.9 Å². The second-order valence-electron chi connectivity index (χ2n) is 2.93. The van der Waals surface area contributed by atoms with Crippen LogP contribution in [0.2, 0.25) is 4.47 Å². The maximum atomic E-state index is 13.8. The Hall–Kier alpha value is -1.00. The van der Waals surface area contributed by atoms with Gasteiger partial charge in [0, 0.05) is 10.9 Å². The number of benzene rings is 1. The maximum Gasteiger partial charge on any atom is 0.315 e. The average Bonchev–Trinajstić information content (AvgIpc) is 2.67. The molecule has 1 heterocycles. The van der Waals surface area contributed by atoms with E-state index in [4.69, 9.17) is 11.6 Å². The second kappa shape index (κ2) is 3.87. The van der Waals surface area contributed by atoms with Gasteiger partial charge in [-0.05, 0) is 0 Å². The van der Waals surface area contributed by atoms with Crippen LogP contribution in [0.15, 0.2) is 35.7 Å². The second-order valence-corrected chi connectivity index (χ2v) is 4.37. The third-order valence-electron chi connectivity index (χ3n) is 1.93. The molecule has 78 valence electrons. The molecule has 1 aromatic heterocycles. The molecule has 0 radical (unpaired) electrons. The highest BCUT2D eigenvalue weighted by Crippen LogP contribution is 2.36. The van der Waals surface area contributed by atoms with Gasteiger partial charge in [0.15, 0.2) is 4.47 Å². The summed E-state index contributed by atoms with van der Waals surface area (Å²) in [6, 6.07) is 7.56. The lowest BCUT2D eigenvalue weighted by atomic mass is 10.1. The molecule has 5 heteroatoms. The summed E-state index contributed by atoms with van der Waals surface area (Å²) in [5, 5.41) is 1.27. The van der Waals surface area contributed by atoms with Gasteiger partial charge in [-0.25, -0.2) is 4.98 Å². The summed E-state index contributed by atoms with van der Waals surface area (Å²) in [4.78, 5) is 3.59. The van der Waals surface area contributed by atoms with E-state index in [0.29, 0.717) is 0 Å². The van der Waals surface area contributed by atoms with Gasteiger partial charge in [-0.3, -0.25) is 0 Å². The number of rotatable bonds is 2. The van der Waals surface area contributed by atoms with Crippen LogP contribution in [-0.4, -0.2) is 4.98 Å². The Bertz CT molecular complexity index is 455. The van der Waals surface area contributed by atoms with Crippen molar-refractivity contribution in [1.82, 2.24) is 4.98 Å². The quantitative estimate of drug-likeness (QED) is 0.781. The number of alkyl halides is 2. The molecule has 0 aliphatic heterocycles. The summed E-state index contributed by atoms with van der Waals surface area (Å²) >= 11 is 6.53. The summed E-state index contributed by atoms with van der Waals surface area (Å²) in [7, 11) is 0. The Morgan fingerprint density at radius 1 is 1.20 bits per heavy atom. The van der Waals surface area contributed by atoms with E-state index in [1.165, 1.54) is 17.5 Å². The molecule has 0 fully saturated rings. The molecule has 1 nitrogen and oxygen atoms in total. The zero-order valence-corrected chi connectivity index (χ0v) is 9.03. The highest BCUT2D eigenvalue weighted by atomic mass is 35.5. The third kappa shape index (κ3) is 2.01. The number of halogens is 3. The topological polar surface area (TPSA) is 12.9 Å². The van der Waals surface area contributed by atoms with E-state index in [2.05, 4.69) is 4.98 Å². The first kappa shape index (κ1) is 10.5. The molecule has 0 unspecified atom stereocenters. The zero-order chi connectivity index (χ0) is 10.9. The van der Waals surface area contributed by atoms with E-state index >= 15 is 0 Å². The molecule has 0 aliphatic carbocycles. The van der Waals surface area contributed by atoms with E-state index in [9.17, 15) is 8.78 Å². The van der Waals surface area contributed by atoms with Crippen LogP contribution < -0.4 is 0 Å². The molecule has 0 atom stereocenters. The zero-order valence-electron chi connectivity index (χ0n) is 7.45. The fourth-order valence-corrected chi connectivity index (χ4v) is 1.98. The number of nitrogens with zero attached hydrogens (tertiary/aromatic N) is 1. The van der Waals surface area contributed by atoms with Crippen molar-refractivity contribution in [3.8, 4) is 0 Å². The van der Waals surface area contributed by atoms with Crippen LogP contribution in [-0.2, 0) is 5.92 Å². The lowest BCUT2D eigenvalue weighted by Crippen LogP contribution is -2.15. The van der Waals surface area contributed by atoms with Crippen LogP contribution in [0.5, 0.6) is 0 Å². The molecule has 0 aliphatic rings. The van der Waals surface area contributed by atoms with Crippen molar-refractivity contribution in [3.05, 3.63) is 51.4 Å². The molecule has 2 rings (SSSR count). The summed E-state index contributed by atoms with van der Waals surface area (Å²) in [6.45, 7) is 0. The third-order valence-corrected chi connectivity index (χ3v) is 2.91. The minimum atomic E-state index is -3.08. The lowest BCUT2D eigenvalue weighted by Gasteiger charge is -2.13. The predicted molar refractivity (Wildman–Crippen MR) is 56.6 cm³/mol. The molecular formula is C10H6ClF2NS. The monoisotopic (exact) mass is 245 g/mol. The minimum absolute atomic E-state index is 0.0769. The first-order valence-corrected chi connectivity index (χ1v) is 5.41. The van der Waals surface area contributed by atoms with E-state index < -0.39 is 5.92 Å². The highest BCUT2D eigenvalue weighted by Gasteiger charge is 2.36. The van der Waals surface area contributed by atoms with E-state index in [1.54, 1.807) is 18.2 Å². The number of hydrogen-bond acceptors (Lipinski definition) is 2. The molecule has 2 aromatic rings. The van der Waals surface area contributed by atoms with Gasteiger partial charge >= 0.3 is 5.92 Å². The molecule has 0 amide bonds. The van der Waals surface area contributed by atoms with Crippen molar-refractivity contribution in [3.63, 3.8) is 0 Å². The van der Waals surface area contributed by atoms with E-state index in [0.717, 1.165) is 11.3 Å². The number of aromatic nitrogens is 1. The summed E-state index contributed by atoms with van der Waals surface area (Å²) in [6.07, 6.45) is 0. The molecule has 0 N–H and O–H groups in total. The molecule has 0 saturated heterocycles. The van der Waals surface area contributed by atoms with Crippen LogP contribution in [0.25, 0.3) is 0 Å². The predicted octanol–water partition coefficient (Wildman–Crippen LogP) is 3.94. The van der Waals surface area contributed by atoms with Crippen molar-refractivity contribution < 1.29 is 8.78 Å². The lowest BCUT2D eigenvalue weighted by molar-refractivity contribution is 0.0387. The molecule has 0 bridgehead atoms. The summed E-state index contributed by atoms with van der Waals surface area (Å²) < 4.78 is 27.7. The Labute approximate surface area is 94.3 Å². The van der Waals surface area contributed by atoms with Gasteiger partial charge in [-0.2, -0.15) is 8.78 Å². The number of hydrogen-bond donors (Lipinski definition) is 0. The average molecular weight is 246 g/mol. The largest absolute Gasteiger partial charge is 0.315 e. The molecule has 1 aromatic carbocycles. The normalized spacial score (nSPS) is 11.7. The van der Waals surface area contributed by atoms with Gasteiger partial charge < -0.3 is 0 Å². The molecule has 0 spiro atoms. The van der Waals surface area contributed by atoms with Gasteiger partial charge in [0.2, 0.25) is 0 Å². The van der Waals surface area contributed by atoms with Gasteiger partial charge in [0.1, 0.15) is 5.69 Å². The SMILES string of the molecule is FC(F)(c1ccccc1)c1csc(Cl)n1. The maximum absolute atomic E-state index is 13.8. The first-order chi connectivity index (χ1) is 7.10. The Kier molecular flexibility index (Phi) is 2.71. The standard InChI is InChI=1S/C10H6ClF2NS/c11-9-14-8(6-15-9)10(12,13)7-4-2-1-3-5-7/h1-6H. The molecular weight excluding hydrogens is 240 g/mol. The fourth-order valence-electron chi connectivity index (χ4n) is 1.19. The van der Waals surface area contributed by atoms with Gasteiger partial charge in [0.05, 0.1) is 0 Å². The summed E-state index contributed by atoms with van der Waals surface area (Å²) in [5.41, 5.74) is -0.379. The minimum Gasteiger partial charge on any atom is -0.223 e. The highest BCUT2D eigenvalue weighted by molar-refractivity contribution is 7.13. The van der Waals surface area contributed by atoms with E-state index in [-0.39, 0.29) is 15.7 Å². The Balaban J connectivity index is 2.43. The van der Waals surface area contributed by atoms with Crippen LogP contribution in [0.1, 0.15) is 11.3 Å². The van der Waals surface area contributed by atoms with Crippen LogP contribution >= 0.6 is 22.9 Å².